The molecule has 0 aliphatic carbocycles. The summed E-state index contributed by atoms with van der Waals surface area (Å²) in [6.07, 6.45) is 0. The SMILES string of the molecule is COc1ccc(NS(=O)(=O)c2ccc(Cl)c(C(=O)Nc3ccc(C)cc3)c2)cc1. The lowest BCUT2D eigenvalue weighted by molar-refractivity contribution is 0.102. The minimum absolute atomic E-state index is 0.0600. The van der Waals surface area contributed by atoms with Crippen molar-refractivity contribution in [2.24, 2.45) is 0 Å². The van der Waals surface area contributed by atoms with Crippen molar-refractivity contribution in [3.63, 3.8) is 0 Å². The highest BCUT2D eigenvalue weighted by molar-refractivity contribution is 7.92. The minimum Gasteiger partial charge on any atom is -0.497 e. The maximum Gasteiger partial charge on any atom is 0.261 e. The van der Waals surface area contributed by atoms with Crippen molar-refractivity contribution >= 4 is 38.9 Å². The third-order valence-corrected chi connectivity index (χ3v) is 5.85. The zero-order valence-corrected chi connectivity index (χ0v) is 17.3. The Balaban J connectivity index is 1.84. The van der Waals surface area contributed by atoms with E-state index >= 15 is 0 Å². The van der Waals surface area contributed by atoms with Gasteiger partial charge in [0.15, 0.2) is 0 Å². The maximum absolute atomic E-state index is 12.7. The number of carbonyl (C=O) groups excluding carboxylic acids is 1. The van der Waals surface area contributed by atoms with Crippen LogP contribution in [0.2, 0.25) is 5.02 Å². The van der Waals surface area contributed by atoms with Crippen LogP contribution in [0.1, 0.15) is 15.9 Å². The standard InChI is InChI=1S/C21H19ClN2O4S/c1-14-3-5-15(6-4-14)23-21(25)19-13-18(11-12-20(19)22)29(26,27)24-16-7-9-17(28-2)10-8-16/h3-13,24H,1-2H3,(H,23,25). The Kier molecular flexibility index (Phi) is 6.10. The van der Waals surface area contributed by atoms with Gasteiger partial charge in [0.1, 0.15) is 5.75 Å². The molecule has 0 aromatic heterocycles. The molecule has 0 aliphatic rings. The normalized spacial score (nSPS) is 11.0. The number of benzene rings is 3. The van der Waals surface area contributed by atoms with Crippen LogP contribution in [0, 0.1) is 6.92 Å². The van der Waals surface area contributed by atoms with Gasteiger partial charge in [0.2, 0.25) is 0 Å². The number of amides is 1. The molecule has 2 N–H and O–H groups in total. The minimum atomic E-state index is -3.91. The number of rotatable bonds is 6. The fourth-order valence-electron chi connectivity index (χ4n) is 2.55. The number of hydrogen-bond donors (Lipinski definition) is 2. The summed E-state index contributed by atoms with van der Waals surface area (Å²) in [6.45, 7) is 1.94. The van der Waals surface area contributed by atoms with Crippen molar-refractivity contribution in [1.29, 1.82) is 0 Å². The number of aryl methyl sites for hydroxylation is 1. The van der Waals surface area contributed by atoms with Gasteiger partial charge in [-0.3, -0.25) is 9.52 Å². The van der Waals surface area contributed by atoms with Gasteiger partial charge in [0, 0.05) is 11.4 Å². The molecule has 3 aromatic carbocycles. The van der Waals surface area contributed by atoms with E-state index < -0.39 is 15.9 Å². The highest BCUT2D eigenvalue weighted by Gasteiger charge is 2.19. The van der Waals surface area contributed by atoms with E-state index in [9.17, 15) is 13.2 Å². The second-order valence-corrected chi connectivity index (χ2v) is 8.39. The highest BCUT2D eigenvalue weighted by Crippen LogP contribution is 2.24. The first-order valence-electron chi connectivity index (χ1n) is 8.63. The summed E-state index contributed by atoms with van der Waals surface area (Å²) in [7, 11) is -2.39. The van der Waals surface area contributed by atoms with Crippen molar-refractivity contribution in [2.75, 3.05) is 17.1 Å². The lowest BCUT2D eigenvalue weighted by Gasteiger charge is -2.11. The molecular weight excluding hydrogens is 412 g/mol. The van der Waals surface area contributed by atoms with Crippen LogP contribution in [0.5, 0.6) is 5.75 Å². The lowest BCUT2D eigenvalue weighted by Crippen LogP contribution is -2.16. The van der Waals surface area contributed by atoms with E-state index in [2.05, 4.69) is 10.0 Å². The predicted molar refractivity (Wildman–Crippen MR) is 114 cm³/mol. The van der Waals surface area contributed by atoms with Crippen LogP contribution in [-0.4, -0.2) is 21.4 Å². The Morgan fingerprint density at radius 3 is 2.17 bits per heavy atom. The van der Waals surface area contributed by atoms with Crippen molar-refractivity contribution in [3.05, 3.63) is 82.9 Å². The molecule has 3 aromatic rings. The van der Waals surface area contributed by atoms with Crippen LogP contribution < -0.4 is 14.8 Å². The summed E-state index contributed by atoms with van der Waals surface area (Å²) in [5.74, 6) is 0.106. The first-order chi connectivity index (χ1) is 13.8. The summed E-state index contributed by atoms with van der Waals surface area (Å²) < 4.78 is 33.0. The van der Waals surface area contributed by atoms with Crippen LogP contribution in [0.4, 0.5) is 11.4 Å². The van der Waals surface area contributed by atoms with Crippen LogP contribution in [-0.2, 0) is 10.0 Å². The van der Waals surface area contributed by atoms with E-state index in [1.165, 1.54) is 25.3 Å². The number of hydrogen-bond acceptors (Lipinski definition) is 4. The van der Waals surface area contributed by atoms with E-state index in [1.54, 1.807) is 36.4 Å². The molecule has 150 valence electrons. The molecule has 6 nitrogen and oxygen atoms in total. The van der Waals surface area contributed by atoms with Gasteiger partial charge in [0.05, 0.1) is 22.6 Å². The second kappa shape index (κ2) is 8.55. The van der Waals surface area contributed by atoms with E-state index in [1.807, 2.05) is 19.1 Å². The highest BCUT2D eigenvalue weighted by atomic mass is 35.5. The Bertz CT molecular complexity index is 1130. The molecule has 0 spiro atoms. The summed E-state index contributed by atoms with van der Waals surface area (Å²) in [5.41, 5.74) is 2.07. The molecule has 0 aliphatic heterocycles. The Morgan fingerprint density at radius 2 is 1.55 bits per heavy atom. The van der Waals surface area contributed by atoms with E-state index in [-0.39, 0.29) is 15.5 Å². The van der Waals surface area contributed by atoms with Crippen LogP contribution in [0.25, 0.3) is 0 Å². The number of nitrogens with one attached hydrogen (secondary N) is 2. The molecule has 0 unspecified atom stereocenters. The summed E-state index contributed by atoms with van der Waals surface area (Å²) >= 11 is 6.14. The topological polar surface area (TPSA) is 84.5 Å². The quantitative estimate of drug-likeness (QED) is 0.593. The fourth-order valence-corrected chi connectivity index (χ4v) is 3.84. The average molecular weight is 431 g/mol. The average Bonchev–Trinajstić information content (AvgIpc) is 2.70. The predicted octanol–water partition coefficient (Wildman–Crippen LogP) is 4.71. The molecule has 29 heavy (non-hydrogen) atoms. The van der Waals surface area contributed by atoms with Crippen LogP contribution >= 0.6 is 11.6 Å². The smallest absolute Gasteiger partial charge is 0.261 e. The van der Waals surface area contributed by atoms with Gasteiger partial charge in [-0.05, 0) is 61.5 Å². The maximum atomic E-state index is 12.7. The largest absolute Gasteiger partial charge is 0.497 e. The van der Waals surface area contributed by atoms with Crippen LogP contribution in [0.15, 0.2) is 71.6 Å². The number of ether oxygens (including phenoxy) is 1. The number of methoxy groups -OCH3 is 1. The first kappa shape index (κ1) is 20.7. The fraction of sp³-hybridized carbons (Fsp3) is 0.0952. The number of sulfonamides is 1. The third kappa shape index (κ3) is 5.07. The van der Waals surface area contributed by atoms with Crippen molar-refractivity contribution in [1.82, 2.24) is 0 Å². The van der Waals surface area contributed by atoms with Gasteiger partial charge in [-0.15, -0.1) is 0 Å². The van der Waals surface area contributed by atoms with Gasteiger partial charge in [-0.2, -0.15) is 0 Å². The molecule has 1 amide bonds. The third-order valence-electron chi connectivity index (χ3n) is 4.14. The van der Waals surface area contributed by atoms with E-state index in [0.29, 0.717) is 17.1 Å². The Hall–Kier alpha value is -3.03. The van der Waals surface area contributed by atoms with Crippen LogP contribution in [0.3, 0.4) is 0 Å². The van der Waals surface area contributed by atoms with Gasteiger partial charge in [-0.25, -0.2) is 8.42 Å². The van der Waals surface area contributed by atoms with E-state index in [0.717, 1.165) is 5.56 Å². The Morgan fingerprint density at radius 1 is 0.931 bits per heavy atom. The summed E-state index contributed by atoms with van der Waals surface area (Å²) in [6, 6.07) is 17.6. The Labute approximate surface area is 174 Å². The van der Waals surface area contributed by atoms with Gasteiger partial charge >= 0.3 is 0 Å². The van der Waals surface area contributed by atoms with E-state index in [4.69, 9.17) is 16.3 Å². The van der Waals surface area contributed by atoms with Crippen molar-refractivity contribution < 1.29 is 17.9 Å². The number of carbonyl (C=O) groups is 1. The monoisotopic (exact) mass is 430 g/mol. The van der Waals surface area contributed by atoms with Gasteiger partial charge < -0.3 is 10.1 Å². The molecule has 0 atom stereocenters. The number of anilines is 2. The molecule has 0 bridgehead atoms. The molecule has 0 radical (unpaired) electrons. The molecule has 0 saturated carbocycles. The van der Waals surface area contributed by atoms with Gasteiger partial charge in [-0.1, -0.05) is 29.3 Å². The summed E-state index contributed by atoms with van der Waals surface area (Å²) in [5, 5.41) is 2.87. The molecule has 0 fully saturated rings. The molecular formula is C21H19ClN2O4S. The zero-order chi connectivity index (χ0) is 21.0. The molecule has 0 saturated heterocycles. The molecule has 0 heterocycles. The second-order valence-electron chi connectivity index (χ2n) is 6.30. The molecule has 8 heteroatoms. The molecule has 3 rings (SSSR count). The van der Waals surface area contributed by atoms with Gasteiger partial charge in [0.25, 0.3) is 15.9 Å². The van der Waals surface area contributed by atoms with Crippen molar-refractivity contribution in [2.45, 2.75) is 11.8 Å². The number of halogens is 1. The zero-order valence-electron chi connectivity index (χ0n) is 15.8. The lowest BCUT2D eigenvalue weighted by atomic mass is 10.2. The van der Waals surface area contributed by atoms with Crippen molar-refractivity contribution in [3.8, 4) is 5.75 Å². The summed E-state index contributed by atoms with van der Waals surface area (Å²) in [4.78, 5) is 12.5. The first-order valence-corrected chi connectivity index (χ1v) is 10.5.